The second-order valence-electron chi connectivity index (χ2n) is 12.3. The molecule has 45 heavy (non-hydrogen) atoms. The Labute approximate surface area is 268 Å². The van der Waals surface area contributed by atoms with E-state index in [0.29, 0.717) is 12.2 Å². The molecule has 5 rings (SSSR count). The Morgan fingerprint density at radius 2 is 1.42 bits per heavy atom. The zero-order valence-corrected chi connectivity index (χ0v) is 27.1. The van der Waals surface area contributed by atoms with Crippen molar-refractivity contribution in [3.05, 3.63) is 132 Å². The van der Waals surface area contributed by atoms with Crippen LogP contribution in [0, 0.1) is 12.8 Å². The number of aromatic nitrogens is 2. The van der Waals surface area contributed by atoms with Gasteiger partial charge in [-0.3, -0.25) is 9.69 Å². The lowest BCUT2D eigenvalue weighted by Gasteiger charge is -2.25. The van der Waals surface area contributed by atoms with E-state index in [1.807, 2.05) is 26.8 Å². The second kappa shape index (κ2) is 15.5. The SMILES string of the molecule is CCCCn1c(-c2ccccc2)nc(-c2ccccc2)c1CN(Cc1ccccc1)Cc1ccc(OC(=O)CC(C)C)c(C)c1. The van der Waals surface area contributed by atoms with Gasteiger partial charge in [-0.1, -0.05) is 130 Å². The molecule has 0 aliphatic carbocycles. The van der Waals surface area contributed by atoms with E-state index in [1.165, 1.54) is 16.8 Å². The van der Waals surface area contributed by atoms with Gasteiger partial charge in [-0.05, 0) is 42.0 Å². The third kappa shape index (κ3) is 8.58. The summed E-state index contributed by atoms with van der Waals surface area (Å²) in [5.74, 6) is 1.73. The molecule has 232 valence electrons. The van der Waals surface area contributed by atoms with Gasteiger partial charge in [-0.25, -0.2) is 4.98 Å². The molecule has 0 saturated heterocycles. The summed E-state index contributed by atoms with van der Waals surface area (Å²) in [6.07, 6.45) is 2.59. The van der Waals surface area contributed by atoms with Gasteiger partial charge < -0.3 is 9.30 Å². The number of aryl methyl sites for hydroxylation is 1. The van der Waals surface area contributed by atoms with Gasteiger partial charge in [0.25, 0.3) is 0 Å². The van der Waals surface area contributed by atoms with Gasteiger partial charge in [0.2, 0.25) is 0 Å². The van der Waals surface area contributed by atoms with E-state index in [-0.39, 0.29) is 11.9 Å². The van der Waals surface area contributed by atoms with Crippen LogP contribution in [0.25, 0.3) is 22.6 Å². The molecule has 0 radical (unpaired) electrons. The number of ether oxygens (including phenoxy) is 1. The fourth-order valence-corrected chi connectivity index (χ4v) is 5.74. The molecule has 0 amide bonds. The summed E-state index contributed by atoms with van der Waals surface area (Å²) < 4.78 is 8.15. The normalized spacial score (nSPS) is 11.3. The highest BCUT2D eigenvalue weighted by Crippen LogP contribution is 2.32. The van der Waals surface area contributed by atoms with E-state index in [4.69, 9.17) is 9.72 Å². The van der Waals surface area contributed by atoms with E-state index in [1.54, 1.807) is 0 Å². The maximum atomic E-state index is 12.4. The summed E-state index contributed by atoms with van der Waals surface area (Å²) in [4.78, 5) is 20.2. The number of nitrogens with zero attached hydrogens (tertiary/aromatic N) is 3. The Hall–Kier alpha value is -4.48. The molecule has 0 aliphatic heterocycles. The highest BCUT2D eigenvalue weighted by atomic mass is 16.5. The van der Waals surface area contributed by atoms with Crippen LogP contribution in [0.1, 0.15) is 62.4 Å². The third-order valence-electron chi connectivity index (χ3n) is 7.95. The molecule has 0 unspecified atom stereocenters. The molecule has 5 nitrogen and oxygen atoms in total. The fourth-order valence-electron chi connectivity index (χ4n) is 5.74. The minimum absolute atomic E-state index is 0.186. The molecule has 0 atom stereocenters. The van der Waals surface area contributed by atoms with Crippen molar-refractivity contribution in [1.29, 1.82) is 0 Å². The van der Waals surface area contributed by atoms with Crippen LogP contribution in [0.5, 0.6) is 5.75 Å². The summed E-state index contributed by atoms with van der Waals surface area (Å²) in [6, 6.07) is 37.9. The first-order valence-corrected chi connectivity index (χ1v) is 16.2. The van der Waals surface area contributed by atoms with E-state index < -0.39 is 0 Å². The molecule has 0 bridgehead atoms. The number of esters is 1. The van der Waals surface area contributed by atoms with E-state index in [2.05, 4.69) is 120 Å². The topological polar surface area (TPSA) is 47.4 Å². The number of hydrogen-bond donors (Lipinski definition) is 0. The van der Waals surface area contributed by atoms with Crippen LogP contribution in [0.3, 0.4) is 0 Å². The number of rotatable bonds is 14. The van der Waals surface area contributed by atoms with E-state index in [0.717, 1.165) is 67.2 Å². The highest BCUT2D eigenvalue weighted by Gasteiger charge is 2.22. The zero-order valence-electron chi connectivity index (χ0n) is 27.1. The maximum Gasteiger partial charge on any atom is 0.311 e. The zero-order chi connectivity index (χ0) is 31.6. The molecule has 0 fully saturated rings. The van der Waals surface area contributed by atoms with Crippen molar-refractivity contribution < 1.29 is 9.53 Å². The summed E-state index contributed by atoms with van der Waals surface area (Å²) >= 11 is 0. The van der Waals surface area contributed by atoms with Crippen molar-refractivity contribution in [2.24, 2.45) is 5.92 Å². The monoisotopic (exact) mass is 599 g/mol. The van der Waals surface area contributed by atoms with Crippen LogP contribution < -0.4 is 4.74 Å². The molecule has 0 spiro atoms. The molecule has 1 aromatic heterocycles. The van der Waals surface area contributed by atoms with Crippen molar-refractivity contribution in [2.45, 2.75) is 73.1 Å². The lowest BCUT2D eigenvalue weighted by atomic mass is 10.1. The van der Waals surface area contributed by atoms with Gasteiger partial charge in [0, 0.05) is 43.7 Å². The number of unbranched alkanes of at least 4 members (excludes halogenated alkanes) is 1. The number of benzene rings is 4. The third-order valence-corrected chi connectivity index (χ3v) is 7.95. The quantitative estimate of drug-likeness (QED) is 0.0942. The van der Waals surface area contributed by atoms with Gasteiger partial charge in [0.05, 0.1) is 11.4 Å². The summed E-state index contributed by atoms with van der Waals surface area (Å²) in [7, 11) is 0. The van der Waals surface area contributed by atoms with Gasteiger partial charge >= 0.3 is 5.97 Å². The average molecular weight is 600 g/mol. The maximum absolute atomic E-state index is 12.4. The Morgan fingerprint density at radius 3 is 2.04 bits per heavy atom. The second-order valence-corrected chi connectivity index (χ2v) is 12.3. The molecule has 5 aromatic rings. The Kier molecular flexibility index (Phi) is 11.0. The number of hydrogen-bond acceptors (Lipinski definition) is 4. The minimum atomic E-state index is -0.186. The van der Waals surface area contributed by atoms with Crippen molar-refractivity contribution in [3.63, 3.8) is 0 Å². The van der Waals surface area contributed by atoms with Gasteiger partial charge in [-0.2, -0.15) is 0 Å². The molecular formula is C40H45N3O2. The first-order chi connectivity index (χ1) is 21.9. The van der Waals surface area contributed by atoms with Gasteiger partial charge in [0.15, 0.2) is 0 Å². The average Bonchev–Trinajstić information content (AvgIpc) is 3.40. The predicted molar refractivity (Wildman–Crippen MR) is 184 cm³/mol. The largest absolute Gasteiger partial charge is 0.426 e. The molecule has 0 saturated carbocycles. The van der Waals surface area contributed by atoms with Crippen LogP contribution in [0.15, 0.2) is 109 Å². The molecule has 4 aromatic carbocycles. The van der Waals surface area contributed by atoms with Crippen molar-refractivity contribution in [2.75, 3.05) is 0 Å². The lowest BCUT2D eigenvalue weighted by Crippen LogP contribution is -2.24. The highest BCUT2D eigenvalue weighted by molar-refractivity contribution is 5.73. The molecule has 0 N–H and O–H groups in total. The van der Waals surface area contributed by atoms with Crippen molar-refractivity contribution in [1.82, 2.24) is 14.5 Å². The molecule has 5 heteroatoms. The van der Waals surface area contributed by atoms with E-state index in [9.17, 15) is 4.79 Å². The Bertz CT molecular complexity index is 1660. The van der Waals surface area contributed by atoms with Gasteiger partial charge in [0.1, 0.15) is 11.6 Å². The number of carbonyl (C=O) groups excluding carboxylic acids is 1. The molecule has 0 aliphatic rings. The van der Waals surface area contributed by atoms with Crippen LogP contribution >= 0.6 is 0 Å². The van der Waals surface area contributed by atoms with Crippen molar-refractivity contribution in [3.8, 4) is 28.4 Å². The Balaban J connectivity index is 1.53. The first kappa shape index (κ1) is 31.9. The van der Waals surface area contributed by atoms with Gasteiger partial charge in [-0.15, -0.1) is 0 Å². The van der Waals surface area contributed by atoms with E-state index >= 15 is 0 Å². The standard InChI is InChI=1S/C40H45N3O2/c1-5-6-24-43-36(39(34-18-12-8-13-19-34)41-40(43)35-20-14-9-15-21-35)29-42(27-32-16-10-7-11-17-32)28-33-22-23-37(31(4)26-33)45-38(44)25-30(2)3/h7-23,26,30H,5-6,24-25,27-29H2,1-4H3. The molecular weight excluding hydrogens is 554 g/mol. The fraction of sp³-hybridized carbons (Fsp3) is 0.300. The summed E-state index contributed by atoms with van der Waals surface area (Å²) in [6.45, 7) is 11.5. The first-order valence-electron chi connectivity index (χ1n) is 16.2. The van der Waals surface area contributed by atoms with Crippen LogP contribution in [-0.4, -0.2) is 20.4 Å². The van der Waals surface area contributed by atoms with Crippen LogP contribution in [0.4, 0.5) is 0 Å². The van der Waals surface area contributed by atoms with Crippen molar-refractivity contribution >= 4 is 5.97 Å². The molecule has 1 heterocycles. The number of carbonyl (C=O) groups is 1. The Morgan fingerprint density at radius 1 is 0.800 bits per heavy atom. The minimum Gasteiger partial charge on any atom is -0.426 e. The lowest BCUT2D eigenvalue weighted by molar-refractivity contribution is -0.135. The summed E-state index contributed by atoms with van der Waals surface area (Å²) in [5.41, 5.74) is 7.92. The smallest absolute Gasteiger partial charge is 0.311 e. The summed E-state index contributed by atoms with van der Waals surface area (Å²) in [5, 5.41) is 0. The van der Waals surface area contributed by atoms with Crippen LogP contribution in [-0.2, 0) is 31.0 Å². The van der Waals surface area contributed by atoms with Crippen LogP contribution in [0.2, 0.25) is 0 Å². The number of imidazole rings is 1. The predicted octanol–water partition coefficient (Wildman–Crippen LogP) is 9.48.